The van der Waals surface area contributed by atoms with Crippen LogP contribution in [-0.4, -0.2) is 7.94 Å². The highest BCUT2D eigenvalue weighted by Gasteiger charge is 2.49. The van der Waals surface area contributed by atoms with Crippen LogP contribution in [0.25, 0.3) is 45.0 Å². The van der Waals surface area contributed by atoms with Crippen LogP contribution in [0.1, 0.15) is 0 Å². The Morgan fingerprint density at radius 2 is 0.714 bits per heavy atom. The van der Waals surface area contributed by atoms with Gasteiger partial charge in [-0.2, -0.15) is 0 Å². The first-order chi connectivity index (χ1) is 17.4. The summed E-state index contributed by atoms with van der Waals surface area (Å²) in [6.07, 6.45) is 0. The third kappa shape index (κ3) is 2.31. The lowest BCUT2D eigenvalue weighted by molar-refractivity contribution is 1.19. The molecule has 2 aliphatic rings. The minimum absolute atomic E-state index is 1.25. The van der Waals surface area contributed by atoms with Crippen LogP contribution < -0.4 is 0 Å². The van der Waals surface area contributed by atoms with Crippen LogP contribution in [0.4, 0.5) is 0 Å². The molecule has 2 aliphatic heterocycles. The van der Waals surface area contributed by atoms with Gasteiger partial charge in [0, 0.05) is 9.79 Å². The maximum absolute atomic E-state index is 2.66. The van der Waals surface area contributed by atoms with Gasteiger partial charge >= 0.3 is 0 Å². The van der Waals surface area contributed by atoms with Crippen molar-refractivity contribution in [3.63, 3.8) is 0 Å². The van der Waals surface area contributed by atoms with Crippen LogP contribution in [-0.2, 0) is 0 Å². The SMILES string of the molecule is c1ccc(-c2ccc3n2S2(c4ccccc4-c4ccccc42)n2c(-c4ccccc4)ccc2-3)cc1. The Labute approximate surface area is 206 Å². The van der Waals surface area contributed by atoms with E-state index < -0.39 is 10.4 Å². The van der Waals surface area contributed by atoms with Crippen molar-refractivity contribution in [3.05, 3.63) is 133 Å². The molecule has 0 amide bonds. The molecular formula is C32H22N2S. The molecule has 2 nitrogen and oxygen atoms in total. The Hall–Kier alpha value is -4.21. The monoisotopic (exact) mass is 466 g/mol. The second-order valence-electron chi connectivity index (χ2n) is 9.07. The van der Waals surface area contributed by atoms with Gasteiger partial charge in [-0.25, -0.2) is 0 Å². The largest absolute Gasteiger partial charge is 0.276 e. The Morgan fingerprint density at radius 3 is 1.17 bits per heavy atom. The van der Waals surface area contributed by atoms with Gasteiger partial charge in [-0.15, -0.1) is 0 Å². The average molecular weight is 467 g/mol. The lowest BCUT2D eigenvalue weighted by Crippen LogP contribution is -2.15. The van der Waals surface area contributed by atoms with Crippen LogP contribution in [0.3, 0.4) is 0 Å². The predicted molar refractivity (Wildman–Crippen MR) is 146 cm³/mol. The van der Waals surface area contributed by atoms with Gasteiger partial charge < -0.3 is 0 Å². The molecule has 0 saturated heterocycles. The Bertz CT molecular complexity index is 1610. The number of fused-ring (bicyclic) bond motifs is 10. The van der Waals surface area contributed by atoms with Crippen LogP contribution in [0, 0.1) is 0 Å². The van der Waals surface area contributed by atoms with Crippen molar-refractivity contribution in [1.29, 1.82) is 0 Å². The van der Waals surface area contributed by atoms with Gasteiger partial charge in [-0.05, 0) is 69.1 Å². The predicted octanol–water partition coefficient (Wildman–Crippen LogP) is 8.73. The zero-order chi connectivity index (χ0) is 23.0. The number of benzene rings is 4. The third-order valence-corrected chi connectivity index (χ3v) is 11.1. The van der Waals surface area contributed by atoms with E-state index in [0.717, 1.165) is 0 Å². The number of rotatable bonds is 2. The Kier molecular flexibility index (Phi) is 3.78. The molecule has 4 heterocycles. The van der Waals surface area contributed by atoms with E-state index in [1.165, 1.54) is 54.8 Å². The summed E-state index contributed by atoms with van der Waals surface area (Å²) in [6.45, 7) is 0. The number of nitrogens with zero attached hydrogens (tertiary/aromatic N) is 2. The minimum Gasteiger partial charge on any atom is -0.276 e. The van der Waals surface area contributed by atoms with Crippen molar-refractivity contribution in [2.45, 2.75) is 9.79 Å². The maximum Gasteiger partial charge on any atom is 0.0779 e. The van der Waals surface area contributed by atoms with Crippen molar-refractivity contribution < 1.29 is 0 Å². The molecule has 3 heteroatoms. The standard InChI is InChI=1S/C32H22N2S/c1-3-11-23(12-4-1)27-19-21-29-30-22-20-28(24-13-5-2-6-14-24)34(30)35(33(27)29)31-17-9-7-15-25(31)26-16-8-10-18-32(26)35/h1-22H. The number of aromatic nitrogens is 2. The van der Waals surface area contributed by atoms with Crippen LogP contribution >= 0.6 is 10.4 Å². The molecule has 0 radical (unpaired) electrons. The molecule has 0 fully saturated rings. The lowest BCUT2D eigenvalue weighted by atomic mass is 10.1. The molecule has 0 atom stereocenters. The topological polar surface area (TPSA) is 9.86 Å². The Balaban J connectivity index is 1.57. The smallest absolute Gasteiger partial charge is 0.0779 e. The van der Waals surface area contributed by atoms with Crippen LogP contribution in [0.15, 0.2) is 143 Å². The molecule has 0 N–H and O–H groups in total. The first-order valence-corrected chi connectivity index (χ1v) is 13.5. The average Bonchev–Trinajstić information content (AvgIpc) is 3.67. The quantitative estimate of drug-likeness (QED) is 0.241. The molecule has 35 heavy (non-hydrogen) atoms. The second-order valence-corrected chi connectivity index (χ2v) is 11.8. The summed E-state index contributed by atoms with van der Waals surface area (Å²) >= 11 is 0. The summed E-state index contributed by atoms with van der Waals surface area (Å²) in [5.41, 5.74) is 10.3. The van der Waals surface area contributed by atoms with E-state index in [9.17, 15) is 0 Å². The van der Waals surface area contributed by atoms with E-state index >= 15 is 0 Å². The fourth-order valence-electron chi connectivity index (χ4n) is 5.91. The lowest BCUT2D eigenvalue weighted by Gasteiger charge is -2.40. The van der Waals surface area contributed by atoms with E-state index in [1.54, 1.807) is 0 Å². The fourth-order valence-corrected chi connectivity index (χ4v) is 10.4. The van der Waals surface area contributed by atoms with Crippen molar-refractivity contribution in [2.75, 3.05) is 0 Å². The molecule has 166 valence electrons. The molecule has 6 aromatic rings. The first kappa shape index (κ1) is 19.1. The molecule has 0 unspecified atom stereocenters. The zero-order valence-electron chi connectivity index (χ0n) is 19.0. The van der Waals surface area contributed by atoms with Crippen molar-refractivity contribution >= 4 is 10.4 Å². The molecule has 2 aromatic heterocycles. The van der Waals surface area contributed by atoms with E-state index in [1.807, 2.05) is 0 Å². The summed E-state index contributed by atoms with van der Waals surface area (Å²) in [4.78, 5) is 2.81. The van der Waals surface area contributed by atoms with E-state index in [-0.39, 0.29) is 0 Å². The second kappa shape index (κ2) is 6.91. The summed E-state index contributed by atoms with van der Waals surface area (Å²) < 4.78 is 5.32. The summed E-state index contributed by atoms with van der Waals surface area (Å²) in [6, 6.07) is 49.0. The summed E-state index contributed by atoms with van der Waals surface area (Å²) in [7, 11) is -1.80. The van der Waals surface area contributed by atoms with Crippen molar-refractivity contribution in [2.24, 2.45) is 0 Å². The highest BCUT2D eigenvalue weighted by molar-refractivity contribution is 8.32. The van der Waals surface area contributed by atoms with Gasteiger partial charge in [0.1, 0.15) is 0 Å². The van der Waals surface area contributed by atoms with Gasteiger partial charge in [-0.1, -0.05) is 97.1 Å². The normalized spacial score (nSPS) is 14.9. The summed E-state index contributed by atoms with van der Waals surface area (Å²) in [5, 5.41) is 0. The number of hydrogen-bond donors (Lipinski definition) is 0. The maximum atomic E-state index is 2.66. The summed E-state index contributed by atoms with van der Waals surface area (Å²) in [5.74, 6) is 0. The molecule has 1 spiro atoms. The van der Waals surface area contributed by atoms with Crippen molar-refractivity contribution in [3.8, 4) is 45.0 Å². The number of hydrogen-bond acceptors (Lipinski definition) is 0. The van der Waals surface area contributed by atoms with Gasteiger partial charge in [0.2, 0.25) is 0 Å². The highest BCUT2D eigenvalue weighted by atomic mass is 32.3. The Morgan fingerprint density at radius 1 is 0.343 bits per heavy atom. The molecule has 0 aliphatic carbocycles. The van der Waals surface area contributed by atoms with Crippen LogP contribution in [0.5, 0.6) is 0 Å². The van der Waals surface area contributed by atoms with Crippen molar-refractivity contribution in [1.82, 2.24) is 7.94 Å². The molecule has 0 saturated carbocycles. The van der Waals surface area contributed by atoms with Gasteiger partial charge in [0.05, 0.1) is 22.8 Å². The molecule has 8 rings (SSSR count). The molecule has 0 bridgehead atoms. The van der Waals surface area contributed by atoms with E-state index in [4.69, 9.17) is 0 Å². The minimum atomic E-state index is -1.80. The first-order valence-electron chi connectivity index (χ1n) is 12.0. The molecule has 4 aromatic carbocycles. The highest BCUT2D eigenvalue weighted by Crippen LogP contribution is 2.78. The third-order valence-electron chi connectivity index (χ3n) is 7.28. The van der Waals surface area contributed by atoms with Gasteiger partial charge in [0.15, 0.2) is 0 Å². The van der Waals surface area contributed by atoms with Crippen LogP contribution in [0.2, 0.25) is 0 Å². The fraction of sp³-hybridized carbons (Fsp3) is 0. The van der Waals surface area contributed by atoms with Gasteiger partial charge in [-0.3, -0.25) is 7.94 Å². The van der Waals surface area contributed by atoms with Gasteiger partial charge in [0.25, 0.3) is 0 Å². The van der Waals surface area contributed by atoms with E-state index in [0.29, 0.717) is 0 Å². The van der Waals surface area contributed by atoms with E-state index in [2.05, 4.69) is 141 Å². The molecular weight excluding hydrogens is 444 g/mol. The zero-order valence-corrected chi connectivity index (χ0v) is 19.8.